The minimum Gasteiger partial charge on any atom is -0.497 e. The lowest BCUT2D eigenvalue weighted by Gasteiger charge is -2.11. The SMILES string of the molecule is COc1ccc(OC)c(C(=O)NOCC(C)C)c1. The highest BCUT2D eigenvalue weighted by atomic mass is 16.7. The van der Waals surface area contributed by atoms with E-state index in [9.17, 15) is 4.79 Å². The highest BCUT2D eigenvalue weighted by molar-refractivity contribution is 5.96. The molecule has 0 saturated heterocycles. The number of carbonyl (C=O) groups is 1. The Balaban J connectivity index is 2.76. The molecule has 18 heavy (non-hydrogen) atoms. The number of methoxy groups -OCH3 is 2. The monoisotopic (exact) mass is 253 g/mol. The fraction of sp³-hybridized carbons (Fsp3) is 0.462. The molecule has 5 nitrogen and oxygen atoms in total. The number of benzene rings is 1. The van der Waals surface area contributed by atoms with Crippen LogP contribution in [-0.2, 0) is 4.84 Å². The van der Waals surface area contributed by atoms with Gasteiger partial charge >= 0.3 is 0 Å². The molecule has 5 heteroatoms. The molecule has 0 saturated carbocycles. The van der Waals surface area contributed by atoms with Crippen LogP contribution in [-0.4, -0.2) is 26.7 Å². The summed E-state index contributed by atoms with van der Waals surface area (Å²) in [4.78, 5) is 17.0. The van der Waals surface area contributed by atoms with Crippen molar-refractivity contribution in [3.8, 4) is 11.5 Å². The van der Waals surface area contributed by atoms with Crippen molar-refractivity contribution in [2.24, 2.45) is 5.92 Å². The molecule has 1 aromatic carbocycles. The molecular formula is C13H19NO4. The van der Waals surface area contributed by atoms with Crippen molar-refractivity contribution < 1.29 is 19.1 Å². The van der Waals surface area contributed by atoms with Crippen LogP contribution in [0.2, 0.25) is 0 Å². The molecule has 1 aromatic rings. The third-order valence-electron chi connectivity index (χ3n) is 2.23. The van der Waals surface area contributed by atoms with Crippen LogP contribution in [0.5, 0.6) is 11.5 Å². The summed E-state index contributed by atoms with van der Waals surface area (Å²) in [5.74, 6) is 1.05. The van der Waals surface area contributed by atoms with E-state index in [1.807, 2.05) is 13.8 Å². The van der Waals surface area contributed by atoms with Crippen molar-refractivity contribution in [2.75, 3.05) is 20.8 Å². The Kier molecular flexibility index (Phi) is 5.45. The molecular weight excluding hydrogens is 234 g/mol. The van der Waals surface area contributed by atoms with Crippen molar-refractivity contribution in [1.29, 1.82) is 0 Å². The van der Waals surface area contributed by atoms with Crippen molar-refractivity contribution in [1.82, 2.24) is 5.48 Å². The van der Waals surface area contributed by atoms with Crippen molar-refractivity contribution >= 4 is 5.91 Å². The summed E-state index contributed by atoms with van der Waals surface area (Å²) >= 11 is 0. The standard InChI is InChI=1S/C13H19NO4/c1-9(2)8-18-14-13(15)11-7-10(16-3)5-6-12(11)17-4/h5-7,9H,8H2,1-4H3,(H,14,15). The summed E-state index contributed by atoms with van der Waals surface area (Å²) in [6, 6.07) is 5.01. The number of hydrogen-bond donors (Lipinski definition) is 1. The molecule has 0 bridgehead atoms. The Morgan fingerprint density at radius 3 is 2.56 bits per heavy atom. The maximum absolute atomic E-state index is 11.9. The average molecular weight is 253 g/mol. The second-order valence-electron chi connectivity index (χ2n) is 4.20. The normalized spacial score (nSPS) is 10.3. The summed E-state index contributed by atoms with van der Waals surface area (Å²) in [5, 5.41) is 0. The number of rotatable bonds is 6. The van der Waals surface area contributed by atoms with Crippen LogP contribution in [0.4, 0.5) is 0 Å². The third-order valence-corrected chi connectivity index (χ3v) is 2.23. The Morgan fingerprint density at radius 2 is 2.00 bits per heavy atom. The van der Waals surface area contributed by atoms with Gasteiger partial charge in [0.25, 0.3) is 5.91 Å². The fourth-order valence-electron chi connectivity index (χ4n) is 1.32. The molecule has 0 aliphatic rings. The van der Waals surface area contributed by atoms with Crippen LogP contribution in [0.1, 0.15) is 24.2 Å². The molecule has 0 aromatic heterocycles. The van der Waals surface area contributed by atoms with E-state index >= 15 is 0 Å². The second kappa shape index (κ2) is 6.86. The quantitative estimate of drug-likeness (QED) is 0.788. The van der Waals surface area contributed by atoms with Crippen molar-refractivity contribution in [3.05, 3.63) is 23.8 Å². The summed E-state index contributed by atoms with van der Waals surface area (Å²) in [6.07, 6.45) is 0. The summed E-state index contributed by atoms with van der Waals surface area (Å²) in [6.45, 7) is 4.45. The molecule has 1 N–H and O–H groups in total. The van der Waals surface area contributed by atoms with E-state index in [0.29, 0.717) is 29.6 Å². The average Bonchev–Trinajstić information content (AvgIpc) is 2.37. The van der Waals surface area contributed by atoms with E-state index in [2.05, 4.69) is 5.48 Å². The molecule has 0 fully saturated rings. The zero-order chi connectivity index (χ0) is 13.5. The zero-order valence-electron chi connectivity index (χ0n) is 11.1. The molecule has 0 unspecified atom stereocenters. The fourth-order valence-corrected chi connectivity index (χ4v) is 1.32. The Hall–Kier alpha value is -1.75. The van der Waals surface area contributed by atoms with Gasteiger partial charge < -0.3 is 9.47 Å². The van der Waals surface area contributed by atoms with Gasteiger partial charge in [0.15, 0.2) is 0 Å². The van der Waals surface area contributed by atoms with Gasteiger partial charge in [-0.3, -0.25) is 9.63 Å². The van der Waals surface area contributed by atoms with Gasteiger partial charge in [-0.15, -0.1) is 0 Å². The van der Waals surface area contributed by atoms with Gasteiger partial charge in [-0.25, -0.2) is 5.48 Å². The van der Waals surface area contributed by atoms with E-state index in [0.717, 1.165) is 0 Å². The number of ether oxygens (including phenoxy) is 2. The van der Waals surface area contributed by atoms with Crippen LogP contribution >= 0.6 is 0 Å². The van der Waals surface area contributed by atoms with E-state index in [1.165, 1.54) is 7.11 Å². The number of hydrogen-bond acceptors (Lipinski definition) is 4. The number of hydroxylamine groups is 1. The van der Waals surface area contributed by atoms with Crippen LogP contribution < -0.4 is 15.0 Å². The van der Waals surface area contributed by atoms with Gasteiger partial charge in [0.05, 0.1) is 26.4 Å². The van der Waals surface area contributed by atoms with E-state index in [1.54, 1.807) is 25.3 Å². The first-order valence-corrected chi connectivity index (χ1v) is 5.72. The van der Waals surface area contributed by atoms with E-state index < -0.39 is 0 Å². The minimum absolute atomic E-state index is 0.345. The van der Waals surface area contributed by atoms with Crippen molar-refractivity contribution in [3.63, 3.8) is 0 Å². The molecule has 0 heterocycles. The lowest BCUT2D eigenvalue weighted by molar-refractivity contribution is 0.0206. The van der Waals surface area contributed by atoms with Gasteiger partial charge in [0.2, 0.25) is 0 Å². The third kappa shape index (κ3) is 3.92. The van der Waals surface area contributed by atoms with Gasteiger partial charge in [-0.05, 0) is 24.1 Å². The van der Waals surface area contributed by atoms with Crippen LogP contribution in [0.15, 0.2) is 18.2 Å². The van der Waals surface area contributed by atoms with Crippen LogP contribution in [0.3, 0.4) is 0 Å². The van der Waals surface area contributed by atoms with E-state index in [4.69, 9.17) is 14.3 Å². The Bertz CT molecular complexity index is 404. The van der Waals surface area contributed by atoms with Gasteiger partial charge in [-0.1, -0.05) is 13.8 Å². The number of amides is 1. The molecule has 0 aliphatic heterocycles. The van der Waals surface area contributed by atoms with Crippen LogP contribution in [0, 0.1) is 5.92 Å². The second-order valence-corrected chi connectivity index (χ2v) is 4.20. The Morgan fingerprint density at radius 1 is 1.28 bits per heavy atom. The lowest BCUT2D eigenvalue weighted by atomic mass is 10.2. The number of carbonyl (C=O) groups excluding carboxylic acids is 1. The molecule has 0 aliphatic carbocycles. The first-order chi connectivity index (χ1) is 8.58. The van der Waals surface area contributed by atoms with Gasteiger partial charge in [0, 0.05) is 0 Å². The number of nitrogens with one attached hydrogen (secondary N) is 1. The molecule has 0 atom stereocenters. The summed E-state index contributed by atoms with van der Waals surface area (Å²) in [5.41, 5.74) is 2.76. The predicted molar refractivity (Wildman–Crippen MR) is 67.8 cm³/mol. The topological polar surface area (TPSA) is 56.8 Å². The minimum atomic E-state index is -0.355. The van der Waals surface area contributed by atoms with Crippen LogP contribution in [0.25, 0.3) is 0 Å². The van der Waals surface area contributed by atoms with Gasteiger partial charge in [0.1, 0.15) is 11.5 Å². The zero-order valence-corrected chi connectivity index (χ0v) is 11.1. The molecule has 1 rings (SSSR count). The molecule has 1 amide bonds. The van der Waals surface area contributed by atoms with E-state index in [-0.39, 0.29) is 5.91 Å². The molecule has 100 valence electrons. The smallest absolute Gasteiger partial charge is 0.278 e. The van der Waals surface area contributed by atoms with Crippen molar-refractivity contribution in [2.45, 2.75) is 13.8 Å². The molecule has 0 spiro atoms. The maximum Gasteiger partial charge on any atom is 0.278 e. The van der Waals surface area contributed by atoms with Gasteiger partial charge in [-0.2, -0.15) is 0 Å². The molecule has 0 radical (unpaired) electrons. The first kappa shape index (κ1) is 14.3. The highest BCUT2D eigenvalue weighted by Gasteiger charge is 2.13. The lowest BCUT2D eigenvalue weighted by Crippen LogP contribution is -2.26. The summed E-state index contributed by atoms with van der Waals surface area (Å²) in [7, 11) is 3.05. The Labute approximate surface area is 107 Å². The highest BCUT2D eigenvalue weighted by Crippen LogP contribution is 2.23. The summed E-state index contributed by atoms with van der Waals surface area (Å²) < 4.78 is 10.2. The maximum atomic E-state index is 11.9. The largest absolute Gasteiger partial charge is 0.497 e. The predicted octanol–water partition coefficient (Wildman–Crippen LogP) is 2.02. The first-order valence-electron chi connectivity index (χ1n) is 5.72.